The number of hydrogen-bond acceptors (Lipinski definition) is 14. The van der Waals surface area contributed by atoms with Crippen LogP contribution in [0.3, 0.4) is 0 Å². The van der Waals surface area contributed by atoms with Gasteiger partial charge in [-0.25, -0.2) is 9.59 Å². The molecule has 18 nitrogen and oxygen atoms in total. The molecular formula is C23H34N4O14P2S2. The number of aromatic amines is 2. The van der Waals surface area contributed by atoms with Gasteiger partial charge in [0.15, 0.2) is 0 Å². The van der Waals surface area contributed by atoms with E-state index in [4.69, 9.17) is 39.4 Å². The molecule has 2 saturated heterocycles. The quantitative estimate of drug-likeness (QED) is 0.100. The molecule has 0 amide bonds. The lowest BCUT2D eigenvalue weighted by molar-refractivity contribution is -0.0550. The highest BCUT2D eigenvalue weighted by Gasteiger charge is 2.43. The molecule has 6 N–H and O–H groups in total. The minimum Gasteiger partial charge on any atom is -0.394 e. The molecule has 0 aliphatic carbocycles. The van der Waals surface area contributed by atoms with Crippen LogP contribution >= 0.6 is 13.4 Å². The maximum Gasteiger partial charge on any atom is 0.330 e. The lowest BCUT2D eigenvalue weighted by atomic mass is 10.2. The Labute approximate surface area is 265 Å². The number of aryl methyl sites for hydroxylation is 2. The predicted molar refractivity (Wildman–Crippen MR) is 163 cm³/mol. The lowest BCUT2D eigenvalue weighted by Crippen LogP contribution is -2.33. The normalized spacial score (nSPS) is 26.7. The summed E-state index contributed by atoms with van der Waals surface area (Å²) in [5.41, 5.74) is -2.03. The van der Waals surface area contributed by atoms with E-state index in [1.165, 1.54) is 26.2 Å². The summed E-state index contributed by atoms with van der Waals surface area (Å²) >= 11 is 10.1. The SMILES string of the molecule is Cc1cn([C@H]2C[C@H](OP(=S)(OCCCOP(O)(O)=S)OC[C@H]3O[C@@H](n4cc(C)c(=O)[nH]c4=O)C[C@@H]3O)[C@@H](CO)O2)c(=O)[nH]c1=O. The van der Waals surface area contributed by atoms with Gasteiger partial charge in [-0.15, -0.1) is 0 Å². The van der Waals surface area contributed by atoms with Crippen molar-refractivity contribution in [3.05, 3.63) is 65.2 Å². The van der Waals surface area contributed by atoms with Crippen LogP contribution in [-0.2, 0) is 51.2 Å². The van der Waals surface area contributed by atoms with Crippen LogP contribution in [0.5, 0.6) is 0 Å². The first-order chi connectivity index (χ1) is 21.1. The van der Waals surface area contributed by atoms with E-state index in [-0.39, 0.29) is 50.2 Å². The molecule has 2 fully saturated rings. The van der Waals surface area contributed by atoms with Crippen molar-refractivity contribution in [3.63, 3.8) is 0 Å². The second-order valence-electron chi connectivity index (χ2n) is 10.3. The Hall–Kier alpha value is -1.74. The number of hydrogen-bond donors (Lipinski definition) is 6. The van der Waals surface area contributed by atoms with E-state index in [0.717, 1.165) is 9.13 Å². The number of rotatable bonds is 14. The second kappa shape index (κ2) is 15.0. The van der Waals surface area contributed by atoms with Gasteiger partial charge in [0.25, 0.3) is 11.1 Å². The molecule has 252 valence electrons. The van der Waals surface area contributed by atoms with Gasteiger partial charge in [-0.2, -0.15) is 0 Å². The molecule has 7 atom stereocenters. The maximum atomic E-state index is 12.4. The Kier molecular flexibility index (Phi) is 12.0. The fraction of sp³-hybridized carbons (Fsp3) is 0.652. The van der Waals surface area contributed by atoms with Gasteiger partial charge in [-0.05, 0) is 43.9 Å². The zero-order valence-electron chi connectivity index (χ0n) is 24.0. The highest BCUT2D eigenvalue weighted by molar-refractivity contribution is 8.07. The molecule has 2 aliphatic heterocycles. The fourth-order valence-corrected chi connectivity index (χ4v) is 7.39. The van der Waals surface area contributed by atoms with Gasteiger partial charge in [-0.3, -0.25) is 28.7 Å². The molecule has 0 bridgehead atoms. The van der Waals surface area contributed by atoms with Crippen LogP contribution in [0.4, 0.5) is 0 Å². The monoisotopic (exact) mass is 716 g/mol. The van der Waals surface area contributed by atoms with Crippen molar-refractivity contribution in [2.24, 2.45) is 0 Å². The van der Waals surface area contributed by atoms with Crippen molar-refractivity contribution >= 4 is 37.1 Å². The Morgan fingerprint density at radius 2 is 1.42 bits per heavy atom. The molecule has 2 aromatic heterocycles. The van der Waals surface area contributed by atoms with Crippen molar-refractivity contribution in [2.75, 3.05) is 26.4 Å². The fourth-order valence-electron chi connectivity index (χ4n) is 4.63. The van der Waals surface area contributed by atoms with Crippen LogP contribution < -0.4 is 22.5 Å². The molecular weight excluding hydrogens is 682 g/mol. The molecule has 45 heavy (non-hydrogen) atoms. The zero-order valence-corrected chi connectivity index (χ0v) is 27.5. The Balaban J connectivity index is 1.48. The molecule has 0 saturated carbocycles. The van der Waals surface area contributed by atoms with E-state index < -0.39 is 79.4 Å². The molecule has 2 aliphatic rings. The first-order valence-corrected chi connectivity index (χ1v) is 18.8. The molecule has 4 heterocycles. The summed E-state index contributed by atoms with van der Waals surface area (Å²) in [5.74, 6) is 0. The highest BCUT2D eigenvalue weighted by atomic mass is 32.5. The minimum atomic E-state index is -3.89. The zero-order chi connectivity index (χ0) is 33.1. The summed E-state index contributed by atoms with van der Waals surface area (Å²) in [4.78, 5) is 71.2. The van der Waals surface area contributed by atoms with Gasteiger partial charge in [-0.1, -0.05) is 0 Å². The van der Waals surface area contributed by atoms with Gasteiger partial charge in [0.1, 0.15) is 24.7 Å². The Morgan fingerprint density at radius 3 is 1.98 bits per heavy atom. The second-order valence-corrected chi connectivity index (χ2v) is 16.0. The number of aliphatic hydroxyl groups excluding tert-OH is 2. The first-order valence-electron chi connectivity index (χ1n) is 13.6. The number of ether oxygens (including phenoxy) is 2. The van der Waals surface area contributed by atoms with E-state index in [1.807, 2.05) is 0 Å². The van der Waals surface area contributed by atoms with Crippen molar-refractivity contribution in [1.29, 1.82) is 0 Å². The van der Waals surface area contributed by atoms with Crippen LogP contribution in [0.25, 0.3) is 0 Å². The van der Waals surface area contributed by atoms with Crippen LogP contribution in [0.2, 0.25) is 0 Å². The molecule has 1 unspecified atom stereocenters. The summed E-state index contributed by atoms with van der Waals surface area (Å²) in [6.07, 6.45) is -3.16. The van der Waals surface area contributed by atoms with Crippen molar-refractivity contribution < 1.29 is 47.6 Å². The minimum absolute atomic E-state index is 0.00190. The van der Waals surface area contributed by atoms with Gasteiger partial charge < -0.3 is 47.6 Å². The topological polar surface area (TPSA) is 246 Å². The number of aliphatic hydroxyl groups is 2. The summed E-state index contributed by atoms with van der Waals surface area (Å²) in [5, 5.41) is 20.7. The molecule has 2 aromatic rings. The van der Waals surface area contributed by atoms with E-state index >= 15 is 0 Å². The van der Waals surface area contributed by atoms with E-state index in [2.05, 4.69) is 21.8 Å². The number of H-pyrrole nitrogens is 2. The summed E-state index contributed by atoms with van der Waals surface area (Å²) in [7, 11) is 0. The molecule has 0 spiro atoms. The Morgan fingerprint density at radius 1 is 0.889 bits per heavy atom. The summed E-state index contributed by atoms with van der Waals surface area (Å²) in [6, 6.07) is 0. The average molecular weight is 717 g/mol. The lowest BCUT2D eigenvalue weighted by Gasteiger charge is -2.28. The summed E-state index contributed by atoms with van der Waals surface area (Å²) in [6.45, 7) is -5.82. The third-order valence-corrected chi connectivity index (χ3v) is 10.2. The standard InChI is InChI=1S/C23H34N4O14P2S2/c1-12-8-26(22(32)24-20(12)30)18-6-14(29)17(40-18)11-38-43(45,37-5-3-4-36-42(34,35)44)41-15-7-19(39-16(15)10-28)27-9-13(2)21(31)25-23(27)33/h8-9,14-19,28-29H,3-7,10-11H2,1-2H3,(H,24,30,32)(H,25,31,33)(H2,34,35,44)/t14-,15-,16+,17+,18+,19+,43?/m0/s1. The molecule has 4 rings (SSSR count). The van der Waals surface area contributed by atoms with Crippen molar-refractivity contribution in [2.45, 2.75) is 70.0 Å². The van der Waals surface area contributed by atoms with E-state index in [0.29, 0.717) is 0 Å². The third kappa shape index (κ3) is 9.42. The van der Waals surface area contributed by atoms with Crippen molar-refractivity contribution in [1.82, 2.24) is 19.1 Å². The number of nitrogens with zero attached hydrogens (tertiary/aromatic N) is 2. The molecule has 0 aromatic carbocycles. The van der Waals surface area contributed by atoms with Gasteiger partial charge in [0.05, 0.1) is 38.6 Å². The number of nitrogens with one attached hydrogen (secondary N) is 2. The van der Waals surface area contributed by atoms with Crippen molar-refractivity contribution in [3.8, 4) is 0 Å². The van der Waals surface area contributed by atoms with E-state index in [9.17, 15) is 39.2 Å². The smallest absolute Gasteiger partial charge is 0.330 e. The largest absolute Gasteiger partial charge is 0.394 e. The highest BCUT2D eigenvalue weighted by Crippen LogP contribution is 2.54. The van der Waals surface area contributed by atoms with Crippen LogP contribution in [0, 0.1) is 13.8 Å². The van der Waals surface area contributed by atoms with Crippen LogP contribution in [-0.4, -0.2) is 89.9 Å². The average Bonchev–Trinajstić information content (AvgIpc) is 3.53. The number of aromatic nitrogens is 4. The predicted octanol–water partition coefficient (Wildman–Crippen LogP) is -1.11. The van der Waals surface area contributed by atoms with E-state index in [1.54, 1.807) is 0 Å². The molecule has 0 radical (unpaired) electrons. The van der Waals surface area contributed by atoms with Gasteiger partial charge in [0.2, 0.25) is 0 Å². The summed E-state index contributed by atoms with van der Waals surface area (Å²) < 4.78 is 36.5. The first kappa shape index (κ1) is 36.1. The van der Waals surface area contributed by atoms with Crippen LogP contribution in [0.15, 0.2) is 31.6 Å². The Bertz CT molecular complexity index is 1690. The van der Waals surface area contributed by atoms with Crippen LogP contribution in [0.1, 0.15) is 42.8 Å². The molecule has 22 heteroatoms. The van der Waals surface area contributed by atoms with Gasteiger partial charge >= 0.3 is 24.8 Å². The third-order valence-electron chi connectivity index (χ3n) is 6.94. The maximum absolute atomic E-state index is 12.4. The van der Waals surface area contributed by atoms with Gasteiger partial charge in [0, 0.05) is 36.4 Å².